The van der Waals surface area contributed by atoms with Crippen LogP contribution in [-0.2, 0) is 20.8 Å². The maximum absolute atomic E-state index is 13.4. The van der Waals surface area contributed by atoms with Gasteiger partial charge >= 0.3 is 41.8 Å². The van der Waals surface area contributed by atoms with Crippen molar-refractivity contribution in [3.63, 3.8) is 0 Å². The van der Waals surface area contributed by atoms with Crippen LogP contribution in [0, 0.1) is 23.7 Å². The summed E-state index contributed by atoms with van der Waals surface area (Å²) in [6, 6.07) is 35.1. The predicted octanol–water partition coefficient (Wildman–Crippen LogP) is 6.90. The molecule has 0 amide bonds. The molecule has 0 spiro atoms. The molecule has 0 atom stereocenters. The van der Waals surface area contributed by atoms with E-state index in [1.807, 2.05) is 54.6 Å². The molecule has 0 unspecified atom stereocenters. The van der Waals surface area contributed by atoms with Crippen molar-refractivity contribution in [1.29, 1.82) is 0 Å². The first-order valence-corrected chi connectivity index (χ1v) is 17.9. The second-order valence-corrected chi connectivity index (χ2v) is 13.1. The third kappa shape index (κ3) is 8.44. The van der Waals surface area contributed by atoms with Crippen LogP contribution < -0.4 is 9.47 Å². The van der Waals surface area contributed by atoms with E-state index in [0.717, 1.165) is 40.5 Å². The summed E-state index contributed by atoms with van der Waals surface area (Å²) in [4.78, 5) is 87.6. The van der Waals surface area contributed by atoms with Crippen LogP contribution in [0.15, 0.2) is 133 Å². The van der Waals surface area contributed by atoms with E-state index in [4.69, 9.17) is 14.2 Å². The second-order valence-electron chi connectivity index (χ2n) is 13.1. The molecule has 0 radical (unpaired) electrons. The average molecular weight is 793 g/mol. The molecule has 2 aliphatic rings. The summed E-state index contributed by atoms with van der Waals surface area (Å²) in [5.41, 5.74) is 3.23. The summed E-state index contributed by atoms with van der Waals surface area (Å²) >= 11 is 0. The fourth-order valence-corrected chi connectivity index (χ4v) is 5.93. The molecule has 0 fully saturated rings. The van der Waals surface area contributed by atoms with E-state index in [-0.39, 0.29) is 57.1 Å². The van der Waals surface area contributed by atoms with Crippen molar-refractivity contribution in [2.45, 2.75) is 6.61 Å². The minimum absolute atomic E-state index is 0.0191. The van der Waals surface area contributed by atoms with Gasteiger partial charge in [-0.1, -0.05) is 54.0 Å². The van der Waals surface area contributed by atoms with Crippen LogP contribution in [-0.4, -0.2) is 41.8 Å². The number of hydrogen-bond acceptors (Lipinski definition) is 12. The van der Waals surface area contributed by atoms with E-state index in [9.17, 15) is 33.6 Å². The third-order valence-electron chi connectivity index (χ3n) is 8.98. The third-order valence-corrected chi connectivity index (χ3v) is 8.98. The van der Waals surface area contributed by atoms with Crippen LogP contribution >= 0.6 is 0 Å². The number of esters is 7. The molecule has 12 heteroatoms. The normalized spacial score (nSPS) is 12.1. The van der Waals surface area contributed by atoms with Gasteiger partial charge in [-0.05, 0) is 103 Å². The van der Waals surface area contributed by atoms with Gasteiger partial charge in [0.15, 0.2) is 0 Å². The minimum atomic E-state index is -0.983. The Morgan fingerprint density at radius 2 is 0.833 bits per heavy atom. The Kier molecular flexibility index (Phi) is 10.3. The van der Waals surface area contributed by atoms with Gasteiger partial charge < -0.3 is 23.7 Å². The standard InChI is InChI=1S/C48H24O12/c49-42(56-27-32-16-14-31(15-17-32)13-12-30-10-8-29(9-11-30)7-6-28-4-2-1-3-5-28)35-22-36(57-43(50)33-18-20-38-40(24-33)47(54)59-45(38)52)26-37(23-35)58-44(51)34-19-21-39-41(25-34)48(55)60-46(39)53/h1-5,8-11,14-26H,27H2. The highest BCUT2D eigenvalue weighted by Gasteiger charge is 2.32. The van der Waals surface area contributed by atoms with Crippen LogP contribution in [0.2, 0.25) is 0 Å². The Hall–Kier alpha value is -8.87. The van der Waals surface area contributed by atoms with Gasteiger partial charge in [-0.15, -0.1) is 0 Å². The fourth-order valence-electron chi connectivity index (χ4n) is 5.93. The van der Waals surface area contributed by atoms with E-state index < -0.39 is 41.8 Å². The zero-order valence-electron chi connectivity index (χ0n) is 30.8. The van der Waals surface area contributed by atoms with Crippen LogP contribution in [0.5, 0.6) is 11.5 Å². The molecule has 2 aliphatic heterocycles. The number of carbonyl (C=O) groups excluding carboxylic acids is 7. The SMILES string of the molecule is O=C(OCc1ccc(C#Cc2ccc(C#Cc3ccccc3)cc2)cc1)c1cc(OC(=O)c2ccc3c(c2)C(=O)OC3=O)cc(OC(=O)c2ccc3c(c2)C(=O)OC3=O)c1. The van der Waals surface area contributed by atoms with Gasteiger partial charge in [0, 0.05) is 28.3 Å². The van der Waals surface area contributed by atoms with E-state index in [0.29, 0.717) is 5.56 Å². The van der Waals surface area contributed by atoms with Gasteiger partial charge in [-0.2, -0.15) is 0 Å². The van der Waals surface area contributed by atoms with Crippen LogP contribution in [0.25, 0.3) is 0 Å². The monoisotopic (exact) mass is 792 g/mol. The topological polar surface area (TPSA) is 166 Å². The van der Waals surface area contributed by atoms with Gasteiger partial charge in [0.2, 0.25) is 0 Å². The molecule has 2 heterocycles. The van der Waals surface area contributed by atoms with Crippen molar-refractivity contribution >= 4 is 41.8 Å². The zero-order chi connectivity index (χ0) is 41.8. The summed E-state index contributed by atoms with van der Waals surface area (Å²) in [6.45, 7) is -0.162. The van der Waals surface area contributed by atoms with E-state index >= 15 is 0 Å². The maximum atomic E-state index is 13.4. The second kappa shape index (κ2) is 16.3. The van der Waals surface area contributed by atoms with Crippen molar-refractivity contribution in [2.75, 3.05) is 0 Å². The molecule has 8 rings (SSSR count). The molecular weight excluding hydrogens is 769 g/mol. The summed E-state index contributed by atoms with van der Waals surface area (Å²) in [5.74, 6) is 5.57. The first-order valence-electron chi connectivity index (χ1n) is 17.9. The molecule has 0 saturated heterocycles. The summed E-state index contributed by atoms with van der Waals surface area (Å²) in [5, 5.41) is 0. The lowest BCUT2D eigenvalue weighted by Gasteiger charge is -2.11. The van der Waals surface area contributed by atoms with Crippen molar-refractivity contribution in [3.8, 4) is 35.2 Å². The van der Waals surface area contributed by atoms with Gasteiger partial charge in [-0.3, -0.25) is 0 Å². The lowest BCUT2D eigenvalue weighted by molar-refractivity contribution is 0.0425. The van der Waals surface area contributed by atoms with E-state index in [1.165, 1.54) is 36.4 Å². The van der Waals surface area contributed by atoms with Crippen LogP contribution in [0.3, 0.4) is 0 Å². The number of hydrogen-bond donors (Lipinski definition) is 0. The van der Waals surface area contributed by atoms with Crippen LogP contribution in [0.4, 0.5) is 0 Å². The number of fused-ring (bicyclic) bond motifs is 2. The Labute approximate surface area is 340 Å². The molecule has 0 saturated carbocycles. The number of carbonyl (C=O) groups is 7. The lowest BCUT2D eigenvalue weighted by atomic mass is 10.1. The van der Waals surface area contributed by atoms with Gasteiger partial charge in [0.05, 0.1) is 38.9 Å². The smallest absolute Gasteiger partial charge is 0.346 e. The molecule has 288 valence electrons. The Balaban J connectivity index is 0.963. The molecule has 0 aliphatic carbocycles. The average Bonchev–Trinajstić information content (AvgIpc) is 3.72. The van der Waals surface area contributed by atoms with E-state index in [1.54, 1.807) is 24.3 Å². The molecule has 0 N–H and O–H groups in total. The van der Waals surface area contributed by atoms with Gasteiger partial charge in [-0.25, -0.2) is 33.6 Å². The Morgan fingerprint density at radius 3 is 1.30 bits per heavy atom. The van der Waals surface area contributed by atoms with Crippen LogP contribution in [0.1, 0.15) is 100 Å². The van der Waals surface area contributed by atoms with Crippen molar-refractivity contribution in [2.24, 2.45) is 0 Å². The van der Waals surface area contributed by atoms with Crippen molar-refractivity contribution in [3.05, 3.63) is 200 Å². The number of ether oxygens (including phenoxy) is 5. The highest BCUT2D eigenvalue weighted by molar-refractivity contribution is 6.16. The number of rotatable bonds is 7. The predicted molar refractivity (Wildman–Crippen MR) is 209 cm³/mol. The summed E-state index contributed by atoms with van der Waals surface area (Å²) in [6.07, 6.45) is 0. The Bertz CT molecular complexity index is 2830. The minimum Gasteiger partial charge on any atom is -0.457 e. The Morgan fingerprint density at radius 1 is 0.417 bits per heavy atom. The first-order chi connectivity index (χ1) is 29.1. The molecule has 6 aromatic carbocycles. The van der Waals surface area contributed by atoms with Crippen molar-refractivity contribution in [1.82, 2.24) is 0 Å². The molecule has 60 heavy (non-hydrogen) atoms. The van der Waals surface area contributed by atoms with Crippen molar-refractivity contribution < 1.29 is 57.2 Å². The van der Waals surface area contributed by atoms with Gasteiger partial charge in [0.1, 0.15) is 18.1 Å². The zero-order valence-corrected chi connectivity index (χ0v) is 30.8. The lowest BCUT2D eigenvalue weighted by Crippen LogP contribution is -2.13. The quantitative estimate of drug-likeness (QED) is 0.0541. The summed E-state index contributed by atoms with van der Waals surface area (Å²) in [7, 11) is 0. The fraction of sp³-hybridized carbons (Fsp3) is 0.0208. The highest BCUT2D eigenvalue weighted by Crippen LogP contribution is 2.28. The highest BCUT2D eigenvalue weighted by atomic mass is 16.6. The maximum Gasteiger partial charge on any atom is 0.346 e. The molecule has 6 aromatic rings. The largest absolute Gasteiger partial charge is 0.457 e. The molecule has 0 bridgehead atoms. The molecule has 0 aromatic heterocycles. The number of cyclic esters (lactones) is 4. The summed E-state index contributed by atoms with van der Waals surface area (Å²) < 4.78 is 25.7. The first kappa shape index (κ1) is 38.0. The van der Waals surface area contributed by atoms with Gasteiger partial charge in [0.25, 0.3) is 0 Å². The molecule has 12 nitrogen and oxygen atoms in total. The number of benzene rings is 6. The molecular formula is C48H24O12. The van der Waals surface area contributed by atoms with E-state index in [2.05, 4.69) is 33.2 Å².